The van der Waals surface area contributed by atoms with Gasteiger partial charge in [0.25, 0.3) is 5.91 Å². The van der Waals surface area contributed by atoms with E-state index in [0.717, 1.165) is 41.1 Å². The van der Waals surface area contributed by atoms with Crippen molar-refractivity contribution < 1.29 is 4.79 Å². The van der Waals surface area contributed by atoms with Crippen LogP contribution in [0.5, 0.6) is 0 Å². The number of anilines is 1. The SMILES string of the molecule is Cc1ccc(/C=C2\SC(N3CCN(c4ccccc4)CC3)=NC2=O)s1. The highest BCUT2D eigenvalue weighted by Crippen LogP contribution is 2.32. The van der Waals surface area contributed by atoms with Crippen molar-refractivity contribution in [3.05, 3.63) is 57.1 Å². The molecule has 1 saturated heterocycles. The van der Waals surface area contributed by atoms with Gasteiger partial charge < -0.3 is 9.80 Å². The number of hydrogen-bond donors (Lipinski definition) is 0. The van der Waals surface area contributed by atoms with Gasteiger partial charge in [0.15, 0.2) is 5.17 Å². The number of aryl methyl sites for hydroxylation is 1. The summed E-state index contributed by atoms with van der Waals surface area (Å²) in [6.45, 7) is 5.74. The Bertz CT molecular complexity index is 833. The first-order valence-electron chi connectivity index (χ1n) is 8.33. The largest absolute Gasteiger partial charge is 0.368 e. The number of thioether (sulfide) groups is 1. The van der Waals surface area contributed by atoms with E-state index in [4.69, 9.17) is 0 Å². The predicted octanol–water partition coefficient (Wildman–Crippen LogP) is 3.85. The van der Waals surface area contributed by atoms with Crippen molar-refractivity contribution in [2.24, 2.45) is 4.99 Å². The number of amidine groups is 1. The van der Waals surface area contributed by atoms with Gasteiger partial charge in [-0.25, -0.2) is 0 Å². The highest BCUT2D eigenvalue weighted by atomic mass is 32.2. The molecule has 0 spiro atoms. The Morgan fingerprint density at radius 1 is 1.00 bits per heavy atom. The van der Waals surface area contributed by atoms with Gasteiger partial charge in [0.05, 0.1) is 4.91 Å². The lowest BCUT2D eigenvalue weighted by atomic mass is 10.2. The van der Waals surface area contributed by atoms with Crippen molar-refractivity contribution in [1.82, 2.24) is 4.90 Å². The highest BCUT2D eigenvalue weighted by molar-refractivity contribution is 8.18. The molecule has 2 aliphatic heterocycles. The number of piperazine rings is 1. The molecule has 2 aliphatic rings. The molecule has 4 nitrogen and oxygen atoms in total. The van der Waals surface area contributed by atoms with Crippen LogP contribution in [0.25, 0.3) is 6.08 Å². The molecule has 1 fully saturated rings. The highest BCUT2D eigenvalue weighted by Gasteiger charge is 2.28. The quantitative estimate of drug-likeness (QED) is 0.754. The minimum absolute atomic E-state index is 0.114. The number of rotatable bonds is 2. The number of para-hydroxylation sites is 1. The van der Waals surface area contributed by atoms with Crippen molar-refractivity contribution in [3.8, 4) is 0 Å². The summed E-state index contributed by atoms with van der Waals surface area (Å²) in [6.07, 6.45) is 1.96. The van der Waals surface area contributed by atoms with Gasteiger partial charge in [-0.15, -0.1) is 11.3 Å². The normalized spacial score (nSPS) is 19.6. The molecule has 6 heteroatoms. The summed E-state index contributed by atoms with van der Waals surface area (Å²) in [7, 11) is 0. The zero-order valence-electron chi connectivity index (χ0n) is 14.0. The van der Waals surface area contributed by atoms with Crippen LogP contribution < -0.4 is 4.90 Å². The van der Waals surface area contributed by atoms with Crippen molar-refractivity contribution in [3.63, 3.8) is 0 Å². The molecule has 0 unspecified atom stereocenters. The van der Waals surface area contributed by atoms with E-state index in [0.29, 0.717) is 0 Å². The third-order valence-corrected chi connectivity index (χ3v) is 6.31. The lowest BCUT2D eigenvalue weighted by Gasteiger charge is -2.36. The molecule has 3 heterocycles. The Morgan fingerprint density at radius 2 is 1.72 bits per heavy atom. The first-order chi connectivity index (χ1) is 12.2. The zero-order chi connectivity index (χ0) is 17.2. The molecular formula is C19H19N3OS2. The average molecular weight is 370 g/mol. The topological polar surface area (TPSA) is 35.9 Å². The van der Waals surface area contributed by atoms with Crippen molar-refractivity contribution in [2.75, 3.05) is 31.1 Å². The molecule has 128 valence electrons. The maximum Gasteiger partial charge on any atom is 0.286 e. The molecule has 1 aromatic heterocycles. The molecule has 0 saturated carbocycles. The second-order valence-electron chi connectivity index (χ2n) is 6.07. The van der Waals surface area contributed by atoms with Crippen LogP contribution in [0.15, 0.2) is 52.4 Å². The Kier molecular flexibility index (Phi) is 4.63. The molecule has 1 aromatic carbocycles. The van der Waals surface area contributed by atoms with Gasteiger partial charge in [0.2, 0.25) is 0 Å². The van der Waals surface area contributed by atoms with E-state index < -0.39 is 0 Å². The number of amides is 1. The summed E-state index contributed by atoms with van der Waals surface area (Å²) < 4.78 is 0. The van der Waals surface area contributed by atoms with Crippen LogP contribution in [-0.2, 0) is 4.79 Å². The minimum Gasteiger partial charge on any atom is -0.368 e. The lowest BCUT2D eigenvalue weighted by molar-refractivity contribution is -0.113. The van der Waals surface area contributed by atoms with E-state index >= 15 is 0 Å². The van der Waals surface area contributed by atoms with E-state index in [1.807, 2.05) is 12.1 Å². The Balaban J connectivity index is 1.40. The van der Waals surface area contributed by atoms with Gasteiger partial charge in [0, 0.05) is 41.6 Å². The van der Waals surface area contributed by atoms with Crippen LogP contribution in [0.2, 0.25) is 0 Å². The van der Waals surface area contributed by atoms with Crippen LogP contribution in [0, 0.1) is 6.92 Å². The van der Waals surface area contributed by atoms with Crippen molar-refractivity contribution in [1.29, 1.82) is 0 Å². The molecule has 0 atom stereocenters. The number of carbonyl (C=O) groups is 1. The summed E-state index contributed by atoms with van der Waals surface area (Å²) in [5.41, 5.74) is 1.26. The number of thiophene rings is 1. The number of benzene rings is 1. The fourth-order valence-electron chi connectivity index (χ4n) is 2.99. The Hall–Kier alpha value is -2.05. The monoisotopic (exact) mass is 369 g/mol. The Morgan fingerprint density at radius 3 is 2.40 bits per heavy atom. The first-order valence-corrected chi connectivity index (χ1v) is 9.96. The fraction of sp³-hybridized carbons (Fsp3) is 0.263. The molecule has 2 aromatic rings. The van der Waals surface area contributed by atoms with Gasteiger partial charge in [-0.1, -0.05) is 18.2 Å². The first kappa shape index (κ1) is 16.4. The molecule has 0 bridgehead atoms. The van der Waals surface area contributed by atoms with E-state index in [9.17, 15) is 4.79 Å². The fourth-order valence-corrected chi connectivity index (χ4v) is 4.84. The zero-order valence-corrected chi connectivity index (χ0v) is 15.6. The van der Waals surface area contributed by atoms with Crippen LogP contribution in [0.3, 0.4) is 0 Å². The van der Waals surface area contributed by atoms with Gasteiger partial charge in [0.1, 0.15) is 0 Å². The standard InChI is InChI=1S/C19H19N3OS2/c1-14-7-8-16(24-14)13-17-18(23)20-19(25-17)22-11-9-21(10-12-22)15-5-3-2-4-6-15/h2-8,13H,9-12H2,1H3/b17-13-. The minimum atomic E-state index is -0.114. The van der Waals surface area contributed by atoms with Crippen molar-refractivity contribution >= 4 is 45.9 Å². The van der Waals surface area contributed by atoms with Gasteiger partial charge in [-0.2, -0.15) is 4.99 Å². The predicted molar refractivity (Wildman–Crippen MR) is 107 cm³/mol. The second-order valence-corrected chi connectivity index (χ2v) is 8.40. The number of carbonyl (C=O) groups excluding carboxylic acids is 1. The van der Waals surface area contributed by atoms with Crippen LogP contribution in [0.4, 0.5) is 5.69 Å². The third kappa shape index (κ3) is 3.65. The molecule has 0 radical (unpaired) electrons. The van der Waals surface area contributed by atoms with Crippen LogP contribution in [0.1, 0.15) is 9.75 Å². The van der Waals surface area contributed by atoms with Gasteiger partial charge in [-0.05, 0) is 49.0 Å². The maximum absolute atomic E-state index is 12.2. The van der Waals surface area contributed by atoms with Crippen molar-refractivity contribution in [2.45, 2.75) is 6.92 Å². The number of aliphatic imine (C=N–C) groups is 1. The summed E-state index contributed by atoms with van der Waals surface area (Å²) in [6, 6.07) is 14.6. The second kappa shape index (κ2) is 7.06. The molecule has 0 aliphatic carbocycles. The smallest absolute Gasteiger partial charge is 0.286 e. The summed E-state index contributed by atoms with van der Waals surface area (Å²) >= 11 is 3.20. The van der Waals surface area contributed by atoms with E-state index in [2.05, 4.69) is 58.1 Å². The van der Waals surface area contributed by atoms with E-state index in [1.54, 1.807) is 11.3 Å². The molecule has 0 N–H and O–H groups in total. The lowest BCUT2D eigenvalue weighted by Crippen LogP contribution is -2.47. The van der Waals surface area contributed by atoms with Crippen LogP contribution >= 0.6 is 23.1 Å². The third-order valence-electron chi connectivity index (χ3n) is 4.32. The summed E-state index contributed by atoms with van der Waals surface area (Å²) in [4.78, 5) is 24.2. The molecule has 1 amide bonds. The van der Waals surface area contributed by atoms with Gasteiger partial charge >= 0.3 is 0 Å². The molecule has 4 rings (SSSR count). The number of nitrogens with zero attached hydrogens (tertiary/aromatic N) is 3. The average Bonchev–Trinajstić information content (AvgIpc) is 3.22. The van der Waals surface area contributed by atoms with E-state index in [-0.39, 0.29) is 5.91 Å². The van der Waals surface area contributed by atoms with E-state index in [1.165, 1.54) is 22.3 Å². The molecular weight excluding hydrogens is 350 g/mol. The van der Waals surface area contributed by atoms with Gasteiger partial charge in [-0.3, -0.25) is 4.79 Å². The maximum atomic E-state index is 12.2. The number of hydrogen-bond acceptors (Lipinski definition) is 5. The summed E-state index contributed by atoms with van der Waals surface area (Å²) in [5, 5.41) is 0.845. The summed E-state index contributed by atoms with van der Waals surface area (Å²) in [5.74, 6) is -0.114. The Labute approximate surface area is 155 Å². The molecule has 25 heavy (non-hydrogen) atoms. The van der Waals surface area contributed by atoms with Crippen LogP contribution in [-0.4, -0.2) is 42.2 Å².